The molecule has 0 aliphatic rings. The zero-order valence-electron chi connectivity index (χ0n) is 7.47. The summed E-state index contributed by atoms with van der Waals surface area (Å²) < 4.78 is 13.5. The third-order valence-electron chi connectivity index (χ3n) is 1.88. The predicted molar refractivity (Wildman–Crippen MR) is 48.5 cm³/mol. The van der Waals surface area contributed by atoms with E-state index in [2.05, 4.69) is 0 Å². The lowest BCUT2D eigenvalue weighted by Crippen LogP contribution is -2.14. The second-order valence-electron chi connectivity index (χ2n) is 3.33. The number of rotatable bonds is 2. The van der Waals surface area contributed by atoms with Crippen LogP contribution in [0.5, 0.6) is 0 Å². The summed E-state index contributed by atoms with van der Waals surface area (Å²) in [5.74, 6) is 0. The van der Waals surface area contributed by atoms with Crippen molar-refractivity contribution in [1.82, 2.24) is 0 Å². The molecular weight excluding hydrogens is 153 g/mol. The third kappa shape index (κ3) is 1.83. The molecule has 0 aliphatic carbocycles. The SMILES string of the molecule is CC(C)(F)c1ccccc1CN. The van der Waals surface area contributed by atoms with Gasteiger partial charge in [0, 0.05) is 6.54 Å². The average Bonchev–Trinajstić information content (AvgIpc) is 2.03. The Labute approximate surface area is 72.4 Å². The summed E-state index contributed by atoms with van der Waals surface area (Å²) >= 11 is 0. The van der Waals surface area contributed by atoms with Crippen LogP contribution in [-0.2, 0) is 12.2 Å². The van der Waals surface area contributed by atoms with E-state index < -0.39 is 5.67 Å². The lowest BCUT2D eigenvalue weighted by atomic mass is 9.95. The Balaban J connectivity index is 3.14. The van der Waals surface area contributed by atoms with Gasteiger partial charge in [-0.3, -0.25) is 0 Å². The molecule has 0 saturated heterocycles. The van der Waals surface area contributed by atoms with Crippen molar-refractivity contribution >= 4 is 0 Å². The number of halogens is 1. The summed E-state index contributed by atoms with van der Waals surface area (Å²) in [6.45, 7) is 3.48. The van der Waals surface area contributed by atoms with Crippen LogP contribution in [0.1, 0.15) is 25.0 Å². The van der Waals surface area contributed by atoms with Gasteiger partial charge in [-0.2, -0.15) is 0 Å². The molecule has 0 aliphatic heterocycles. The van der Waals surface area contributed by atoms with E-state index in [9.17, 15) is 4.39 Å². The molecule has 0 unspecified atom stereocenters. The molecule has 0 radical (unpaired) electrons. The fourth-order valence-electron chi connectivity index (χ4n) is 1.28. The molecule has 1 rings (SSSR count). The van der Waals surface area contributed by atoms with Crippen molar-refractivity contribution in [3.05, 3.63) is 35.4 Å². The van der Waals surface area contributed by atoms with E-state index in [4.69, 9.17) is 5.73 Å². The molecule has 0 aromatic heterocycles. The molecule has 0 spiro atoms. The summed E-state index contributed by atoms with van der Waals surface area (Å²) in [5.41, 5.74) is 5.75. The summed E-state index contributed by atoms with van der Waals surface area (Å²) in [7, 11) is 0. The van der Waals surface area contributed by atoms with Crippen LogP contribution in [0.4, 0.5) is 4.39 Å². The zero-order chi connectivity index (χ0) is 9.19. The van der Waals surface area contributed by atoms with Gasteiger partial charge in [0.15, 0.2) is 0 Å². The van der Waals surface area contributed by atoms with Gasteiger partial charge >= 0.3 is 0 Å². The summed E-state index contributed by atoms with van der Waals surface area (Å²) in [5, 5.41) is 0. The van der Waals surface area contributed by atoms with Gasteiger partial charge in [-0.25, -0.2) is 4.39 Å². The second-order valence-corrected chi connectivity index (χ2v) is 3.33. The molecule has 1 aromatic rings. The van der Waals surface area contributed by atoms with E-state index in [0.29, 0.717) is 12.1 Å². The topological polar surface area (TPSA) is 26.0 Å². The lowest BCUT2D eigenvalue weighted by molar-refractivity contribution is 0.220. The minimum absolute atomic E-state index is 0.392. The Bertz CT molecular complexity index is 263. The maximum Gasteiger partial charge on any atom is 0.130 e. The Morgan fingerprint density at radius 2 is 1.92 bits per heavy atom. The summed E-state index contributed by atoms with van der Waals surface area (Å²) in [4.78, 5) is 0. The molecular formula is C10H14FN. The fraction of sp³-hybridized carbons (Fsp3) is 0.400. The first-order valence-electron chi connectivity index (χ1n) is 4.03. The second kappa shape index (κ2) is 3.23. The predicted octanol–water partition coefficient (Wildman–Crippen LogP) is 2.35. The molecule has 2 N–H and O–H groups in total. The van der Waals surface area contributed by atoms with Gasteiger partial charge in [-0.1, -0.05) is 24.3 Å². The van der Waals surface area contributed by atoms with Crippen LogP contribution in [0.15, 0.2) is 24.3 Å². The molecule has 1 aromatic carbocycles. The molecule has 12 heavy (non-hydrogen) atoms. The molecule has 0 atom stereocenters. The molecule has 2 heteroatoms. The monoisotopic (exact) mass is 167 g/mol. The number of benzene rings is 1. The Morgan fingerprint density at radius 3 is 2.33 bits per heavy atom. The van der Waals surface area contributed by atoms with Gasteiger partial charge in [-0.05, 0) is 25.0 Å². The highest BCUT2D eigenvalue weighted by Crippen LogP contribution is 2.27. The van der Waals surface area contributed by atoms with Crippen molar-refractivity contribution < 1.29 is 4.39 Å². The number of alkyl halides is 1. The molecule has 0 bridgehead atoms. The highest BCUT2D eigenvalue weighted by Gasteiger charge is 2.20. The number of hydrogen-bond acceptors (Lipinski definition) is 1. The standard InChI is InChI=1S/C10H14FN/c1-10(2,11)9-6-4-3-5-8(9)7-12/h3-6H,7,12H2,1-2H3. The van der Waals surface area contributed by atoms with Crippen molar-refractivity contribution in [3.8, 4) is 0 Å². The largest absolute Gasteiger partial charge is 0.326 e. The minimum Gasteiger partial charge on any atom is -0.326 e. The average molecular weight is 167 g/mol. The first-order chi connectivity index (χ1) is 5.55. The maximum absolute atomic E-state index is 13.5. The highest BCUT2D eigenvalue weighted by atomic mass is 19.1. The van der Waals surface area contributed by atoms with E-state index in [1.165, 1.54) is 0 Å². The van der Waals surface area contributed by atoms with Gasteiger partial charge in [0.2, 0.25) is 0 Å². The third-order valence-corrected chi connectivity index (χ3v) is 1.88. The van der Waals surface area contributed by atoms with E-state index in [0.717, 1.165) is 5.56 Å². The first kappa shape index (κ1) is 9.20. The fourth-order valence-corrected chi connectivity index (χ4v) is 1.28. The molecule has 0 fully saturated rings. The number of nitrogens with two attached hydrogens (primary N) is 1. The van der Waals surface area contributed by atoms with Crippen molar-refractivity contribution in [2.45, 2.75) is 26.1 Å². The van der Waals surface area contributed by atoms with Gasteiger partial charge in [0.1, 0.15) is 5.67 Å². The van der Waals surface area contributed by atoms with Crippen LogP contribution >= 0.6 is 0 Å². The zero-order valence-corrected chi connectivity index (χ0v) is 7.47. The van der Waals surface area contributed by atoms with Crippen LogP contribution in [0.2, 0.25) is 0 Å². The summed E-state index contributed by atoms with van der Waals surface area (Å²) in [6.07, 6.45) is 0. The Morgan fingerprint density at radius 1 is 1.33 bits per heavy atom. The molecule has 1 nitrogen and oxygen atoms in total. The maximum atomic E-state index is 13.5. The van der Waals surface area contributed by atoms with E-state index in [1.54, 1.807) is 19.9 Å². The Kier molecular flexibility index (Phi) is 2.48. The lowest BCUT2D eigenvalue weighted by Gasteiger charge is -2.17. The van der Waals surface area contributed by atoms with Crippen molar-refractivity contribution in [1.29, 1.82) is 0 Å². The van der Waals surface area contributed by atoms with Crippen LogP contribution in [0, 0.1) is 0 Å². The van der Waals surface area contributed by atoms with Crippen molar-refractivity contribution in [3.63, 3.8) is 0 Å². The quantitative estimate of drug-likeness (QED) is 0.718. The van der Waals surface area contributed by atoms with Crippen molar-refractivity contribution in [2.75, 3.05) is 0 Å². The van der Waals surface area contributed by atoms with Gasteiger partial charge in [0.05, 0.1) is 0 Å². The van der Waals surface area contributed by atoms with Crippen LogP contribution in [0.25, 0.3) is 0 Å². The van der Waals surface area contributed by atoms with Gasteiger partial charge < -0.3 is 5.73 Å². The van der Waals surface area contributed by atoms with Gasteiger partial charge in [0.25, 0.3) is 0 Å². The molecule has 66 valence electrons. The number of hydrogen-bond donors (Lipinski definition) is 1. The first-order valence-corrected chi connectivity index (χ1v) is 4.03. The molecule has 0 amide bonds. The normalized spacial score (nSPS) is 11.7. The van der Waals surface area contributed by atoms with Gasteiger partial charge in [-0.15, -0.1) is 0 Å². The van der Waals surface area contributed by atoms with Crippen molar-refractivity contribution in [2.24, 2.45) is 5.73 Å². The molecule has 0 saturated carbocycles. The van der Waals surface area contributed by atoms with Crippen LogP contribution in [-0.4, -0.2) is 0 Å². The van der Waals surface area contributed by atoms with E-state index in [1.807, 2.05) is 18.2 Å². The van der Waals surface area contributed by atoms with Crippen LogP contribution < -0.4 is 5.73 Å². The van der Waals surface area contributed by atoms with E-state index >= 15 is 0 Å². The summed E-state index contributed by atoms with van der Waals surface area (Å²) in [6, 6.07) is 7.34. The smallest absolute Gasteiger partial charge is 0.130 e. The Hall–Kier alpha value is -0.890. The van der Waals surface area contributed by atoms with Crippen LogP contribution in [0.3, 0.4) is 0 Å². The van der Waals surface area contributed by atoms with E-state index in [-0.39, 0.29) is 0 Å². The highest BCUT2D eigenvalue weighted by molar-refractivity contribution is 5.31. The minimum atomic E-state index is -1.30. The molecule has 0 heterocycles.